The molecule has 0 spiro atoms. The quantitative estimate of drug-likeness (QED) is 0.218. The van der Waals surface area contributed by atoms with Crippen LogP contribution in [0.2, 0.25) is 0 Å². The number of para-hydroxylation sites is 1. The van der Waals surface area contributed by atoms with E-state index in [9.17, 15) is 10.1 Å². The van der Waals surface area contributed by atoms with Crippen molar-refractivity contribution < 1.29 is 9.53 Å². The lowest BCUT2D eigenvalue weighted by molar-refractivity contribution is -0.112. The Balaban J connectivity index is 1.51. The molecule has 1 N–H and O–H groups in total. The number of amides is 1. The standard InChI is InChI=1S/C29H23BrN2O2/c1-19-11-13-22-8-4-5-9-24(22)25(19)18-34-28-14-12-21(16-26(28)30)15-23(17-31)29(33)32-27-10-6-3-7-20(27)2/h3-16H,18H2,1-2H3,(H,32,33)/b23-15+. The zero-order valence-corrected chi connectivity index (χ0v) is 20.5. The highest BCUT2D eigenvalue weighted by Gasteiger charge is 2.12. The van der Waals surface area contributed by atoms with E-state index in [0.717, 1.165) is 21.2 Å². The number of carbonyl (C=O) groups excluding carboxylic acids is 1. The van der Waals surface area contributed by atoms with Crippen molar-refractivity contribution in [3.05, 3.63) is 111 Å². The molecule has 0 bridgehead atoms. The average molecular weight is 511 g/mol. The molecule has 0 heterocycles. The number of benzene rings is 4. The Labute approximate surface area is 207 Å². The summed E-state index contributed by atoms with van der Waals surface area (Å²) < 4.78 is 6.87. The highest BCUT2D eigenvalue weighted by molar-refractivity contribution is 9.10. The van der Waals surface area contributed by atoms with E-state index in [4.69, 9.17) is 4.74 Å². The van der Waals surface area contributed by atoms with Crippen molar-refractivity contribution in [3.8, 4) is 11.8 Å². The van der Waals surface area contributed by atoms with Gasteiger partial charge in [0.1, 0.15) is 24.0 Å². The number of carbonyl (C=O) groups is 1. The number of hydrogen-bond donors (Lipinski definition) is 1. The van der Waals surface area contributed by atoms with Crippen molar-refractivity contribution in [3.63, 3.8) is 0 Å². The largest absolute Gasteiger partial charge is 0.488 e. The van der Waals surface area contributed by atoms with Crippen LogP contribution >= 0.6 is 15.9 Å². The van der Waals surface area contributed by atoms with Crippen LogP contribution < -0.4 is 10.1 Å². The van der Waals surface area contributed by atoms with Gasteiger partial charge in [-0.1, -0.05) is 60.7 Å². The number of nitrogens with one attached hydrogen (secondary N) is 1. The molecule has 1 amide bonds. The van der Waals surface area contributed by atoms with E-state index in [1.54, 1.807) is 6.08 Å². The Hall–Kier alpha value is -3.88. The molecule has 0 unspecified atom stereocenters. The van der Waals surface area contributed by atoms with Crippen LogP contribution in [0.5, 0.6) is 5.75 Å². The van der Waals surface area contributed by atoms with Gasteiger partial charge in [0.2, 0.25) is 0 Å². The van der Waals surface area contributed by atoms with E-state index in [1.165, 1.54) is 16.3 Å². The summed E-state index contributed by atoms with van der Waals surface area (Å²) in [7, 11) is 0. The van der Waals surface area contributed by atoms with Crippen LogP contribution in [0.25, 0.3) is 16.8 Å². The Kier molecular flexibility index (Phi) is 7.10. The molecule has 4 rings (SSSR count). The second-order valence-corrected chi connectivity index (χ2v) is 8.85. The van der Waals surface area contributed by atoms with Gasteiger partial charge in [-0.25, -0.2) is 0 Å². The third-order valence-corrected chi connectivity index (χ3v) is 6.29. The van der Waals surface area contributed by atoms with Crippen molar-refractivity contribution >= 4 is 44.4 Å². The predicted octanol–water partition coefficient (Wildman–Crippen LogP) is 7.34. The van der Waals surface area contributed by atoms with Crippen molar-refractivity contribution in [1.29, 1.82) is 5.26 Å². The van der Waals surface area contributed by atoms with E-state index >= 15 is 0 Å². The van der Waals surface area contributed by atoms with Crippen LogP contribution in [0.15, 0.2) is 88.9 Å². The van der Waals surface area contributed by atoms with Crippen LogP contribution in [0.1, 0.15) is 22.3 Å². The molecule has 0 saturated heterocycles. The second-order valence-electron chi connectivity index (χ2n) is 8.00. The molecule has 4 aromatic carbocycles. The van der Waals surface area contributed by atoms with Crippen molar-refractivity contribution in [2.45, 2.75) is 20.5 Å². The summed E-state index contributed by atoms with van der Waals surface area (Å²) in [5.74, 6) is 0.243. The fourth-order valence-electron chi connectivity index (χ4n) is 3.73. The number of nitriles is 1. The Bertz CT molecular complexity index is 1450. The van der Waals surface area contributed by atoms with Crippen molar-refractivity contribution in [2.75, 3.05) is 5.32 Å². The van der Waals surface area contributed by atoms with Gasteiger partial charge in [0.05, 0.1) is 4.47 Å². The van der Waals surface area contributed by atoms with Crippen molar-refractivity contribution in [2.24, 2.45) is 0 Å². The van der Waals surface area contributed by atoms with E-state index in [1.807, 2.05) is 67.6 Å². The van der Waals surface area contributed by atoms with Crippen LogP contribution in [0.3, 0.4) is 0 Å². The van der Waals surface area contributed by atoms with Crippen LogP contribution in [0, 0.1) is 25.2 Å². The fourth-order valence-corrected chi connectivity index (χ4v) is 4.24. The van der Waals surface area contributed by atoms with E-state index in [0.29, 0.717) is 18.0 Å². The zero-order chi connectivity index (χ0) is 24.1. The zero-order valence-electron chi connectivity index (χ0n) is 18.9. The summed E-state index contributed by atoms with van der Waals surface area (Å²) in [5, 5.41) is 14.7. The Morgan fingerprint density at radius 3 is 2.53 bits per heavy atom. The lowest BCUT2D eigenvalue weighted by atomic mass is 10.0. The lowest BCUT2D eigenvalue weighted by Gasteiger charge is -2.13. The SMILES string of the molecule is Cc1ccccc1NC(=O)/C(C#N)=C/c1ccc(OCc2c(C)ccc3ccccc23)c(Br)c1. The van der Waals surface area contributed by atoms with Gasteiger partial charge in [0.15, 0.2) is 0 Å². The van der Waals surface area contributed by atoms with E-state index in [-0.39, 0.29) is 5.57 Å². The third-order valence-electron chi connectivity index (χ3n) is 5.67. The highest BCUT2D eigenvalue weighted by Crippen LogP contribution is 2.30. The minimum Gasteiger partial charge on any atom is -0.488 e. The molecule has 0 radical (unpaired) electrons. The number of rotatable bonds is 6. The maximum Gasteiger partial charge on any atom is 0.266 e. The molecule has 0 saturated carbocycles. The van der Waals surface area contributed by atoms with Gasteiger partial charge in [-0.05, 0) is 81.5 Å². The normalized spacial score (nSPS) is 11.2. The average Bonchev–Trinajstić information content (AvgIpc) is 2.84. The first-order chi connectivity index (χ1) is 16.5. The minimum absolute atomic E-state index is 0.0233. The smallest absolute Gasteiger partial charge is 0.266 e. The summed E-state index contributed by atoms with van der Waals surface area (Å²) in [6, 6.07) is 27.4. The highest BCUT2D eigenvalue weighted by atomic mass is 79.9. The molecule has 0 atom stereocenters. The van der Waals surface area contributed by atoms with E-state index < -0.39 is 5.91 Å². The van der Waals surface area contributed by atoms with Gasteiger partial charge >= 0.3 is 0 Å². The molecule has 0 aromatic heterocycles. The van der Waals surface area contributed by atoms with E-state index in [2.05, 4.69) is 52.4 Å². The number of halogens is 1. The first-order valence-corrected chi connectivity index (χ1v) is 11.6. The molecule has 4 nitrogen and oxygen atoms in total. The molecular formula is C29H23BrN2O2. The summed E-state index contributed by atoms with van der Waals surface area (Å²) in [6.45, 7) is 4.42. The van der Waals surface area contributed by atoms with Crippen LogP contribution in [-0.4, -0.2) is 5.91 Å². The molecule has 4 aromatic rings. The minimum atomic E-state index is -0.445. The first kappa shape index (κ1) is 23.3. The third kappa shape index (κ3) is 5.19. The van der Waals surface area contributed by atoms with Gasteiger partial charge in [-0.2, -0.15) is 5.26 Å². The van der Waals surface area contributed by atoms with Gasteiger partial charge in [-0.3, -0.25) is 4.79 Å². The summed E-state index contributed by atoms with van der Waals surface area (Å²) in [4.78, 5) is 12.6. The topological polar surface area (TPSA) is 62.1 Å². The Morgan fingerprint density at radius 2 is 1.76 bits per heavy atom. The van der Waals surface area contributed by atoms with Crippen molar-refractivity contribution in [1.82, 2.24) is 0 Å². The number of fused-ring (bicyclic) bond motifs is 1. The summed E-state index contributed by atoms with van der Waals surface area (Å²) in [6.07, 6.45) is 1.57. The molecule has 168 valence electrons. The summed E-state index contributed by atoms with van der Waals surface area (Å²) >= 11 is 3.56. The number of ether oxygens (including phenoxy) is 1. The van der Waals surface area contributed by atoms with Gasteiger partial charge in [0, 0.05) is 11.3 Å². The maximum atomic E-state index is 12.6. The van der Waals surface area contributed by atoms with Crippen LogP contribution in [0.4, 0.5) is 5.69 Å². The van der Waals surface area contributed by atoms with Gasteiger partial charge in [0.25, 0.3) is 5.91 Å². The maximum absolute atomic E-state index is 12.6. The Morgan fingerprint density at radius 1 is 1.00 bits per heavy atom. The monoisotopic (exact) mass is 510 g/mol. The molecule has 0 aliphatic rings. The molecule has 5 heteroatoms. The fraction of sp³-hybridized carbons (Fsp3) is 0.103. The molecule has 0 aliphatic heterocycles. The number of aryl methyl sites for hydroxylation is 2. The first-order valence-electron chi connectivity index (χ1n) is 10.8. The predicted molar refractivity (Wildman–Crippen MR) is 141 cm³/mol. The number of anilines is 1. The number of hydrogen-bond acceptors (Lipinski definition) is 3. The summed E-state index contributed by atoms with van der Waals surface area (Å²) in [5.41, 5.74) is 4.68. The lowest BCUT2D eigenvalue weighted by Crippen LogP contribution is -2.14. The molecule has 0 fully saturated rings. The molecular weight excluding hydrogens is 488 g/mol. The van der Waals surface area contributed by atoms with Gasteiger partial charge < -0.3 is 10.1 Å². The van der Waals surface area contributed by atoms with Crippen LogP contribution in [-0.2, 0) is 11.4 Å². The molecule has 34 heavy (non-hydrogen) atoms. The molecule has 0 aliphatic carbocycles. The second kappa shape index (κ2) is 10.4. The number of nitrogens with zero attached hydrogens (tertiary/aromatic N) is 1. The van der Waals surface area contributed by atoms with Gasteiger partial charge in [-0.15, -0.1) is 0 Å².